The molecule has 0 spiro atoms. The topological polar surface area (TPSA) is 127 Å². The monoisotopic (exact) mass is 447 g/mol. The molecule has 5 rings (SSSR count). The summed E-state index contributed by atoms with van der Waals surface area (Å²) in [4.78, 5) is 42.1. The third kappa shape index (κ3) is 3.05. The Morgan fingerprint density at radius 2 is 1.84 bits per heavy atom. The van der Waals surface area contributed by atoms with E-state index in [0.29, 0.717) is 5.52 Å². The van der Waals surface area contributed by atoms with Gasteiger partial charge >= 0.3 is 5.91 Å². The van der Waals surface area contributed by atoms with Crippen LogP contribution in [-0.2, 0) is 9.59 Å². The number of anilines is 1. The number of Topliss-reactive ketones (excluding diaryl/α,β-unsaturated/α-hetero) is 1. The van der Waals surface area contributed by atoms with Crippen LogP contribution in [0.4, 0.5) is 10.8 Å². The average Bonchev–Trinajstić information content (AvgIpc) is 3.52. The zero-order valence-corrected chi connectivity index (χ0v) is 17.0. The standard InChI is InChI=1S/C22H13N3O6S/c26-19(12-7-9-13(10-8-12)25(29)30)17-18(15-5-3-11-31-15)24(21(28)20(17)27)22-23-14-4-1-2-6-16(14)32-22/h1-11,18,26H/b19-17+. The second-order valence-corrected chi connectivity index (χ2v) is 7.96. The van der Waals surface area contributed by atoms with E-state index >= 15 is 0 Å². The number of hydrogen-bond acceptors (Lipinski definition) is 8. The lowest BCUT2D eigenvalue weighted by molar-refractivity contribution is -0.384. The van der Waals surface area contributed by atoms with Crippen molar-refractivity contribution in [3.05, 3.63) is 93.9 Å². The zero-order valence-electron chi connectivity index (χ0n) is 16.2. The molecule has 0 saturated carbocycles. The van der Waals surface area contributed by atoms with Gasteiger partial charge in [0.1, 0.15) is 17.6 Å². The van der Waals surface area contributed by atoms with Crippen LogP contribution in [0.15, 0.2) is 76.9 Å². The van der Waals surface area contributed by atoms with Gasteiger partial charge in [0.2, 0.25) is 0 Å². The highest BCUT2D eigenvalue weighted by Gasteiger charge is 2.49. The summed E-state index contributed by atoms with van der Waals surface area (Å²) < 4.78 is 6.33. The maximum atomic E-state index is 13.0. The number of para-hydroxylation sites is 1. The van der Waals surface area contributed by atoms with Crippen LogP contribution in [0.3, 0.4) is 0 Å². The molecule has 2 aromatic heterocycles. The summed E-state index contributed by atoms with van der Waals surface area (Å²) >= 11 is 1.24. The van der Waals surface area contributed by atoms with E-state index in [4.69, 9.17) is 4.42 Å². The van der Waals surface area contributed by atoms with Gasteiger partial charge in [0, 0.05) is 17.7 Å². The summed E-state index contributed by atoms with van der Waals surface area (Å²) in [5.74, 6) is -1.94. The van der Waals surface area contributed by atoms with E-state index in [2.05, 4.69) is 4.98 Å². The van der Waals surface area contributed by atoms with Crippen LogP contribution in [0, 0.1) is 10.1 Å². The van der Waals surface area contributed by atoms with E-state index < -0.39 is 28.4 Å². The number of ketones is 1. The summed E-state index contributed by atoms with van der Waals surface area (Å²) in [6.45, 7) is 0. The molecule has 3 heterocycles. The fraction of sp³-hybridized carbons (Fsp3) is 0.0455. The number of benzene rings is 2. The number of carbonyl (C=O) groups excluding carboxylic acids is 2. The number of non-ortho nitro benzene ring substituents is 1. The molecule has 10 heteroatoms. The molecule has 1 amide bonds. The summed E-state index contributed by atoms with van der Waals surface area (Å²) in [5.41, 5.74) is 0.481. The summed E-state index contributed by atoms with van der Waals surface area (Å²) in [6.07, 6.45) is 1.40. The lowest BCUT2D eigenvalue weighted by Crippen LogP contribution is -2.29. The molecule has 1 fully saturated rings. The molecule has 32 heavy (non-hydrogen) atoms. The minimum absolute atomic E-state index is 0.162. The molecular weight excluding hydrogens is 434 g/mol. The number of rotatable bonds is 4. The van der Waals surface area contributed by atoms with Crippen molar-refractivity contribution >= 4 is 49.8 Å². The molecule has 1 atom stereocenters. The molecule has 0 aliphatic carbocycles. The van der Waals surface area contributed by atoms with Gasteiger partial charge in [-0.25, -0.2) is 4.98 Å². The summed E-state index contributed by atoms with van der Waals surface area (Å²) in [6, 6.07) is 14.5. The van der Waals surface area contributed by atoms with E-state index in [0.717, 1.165) is 4.70 Å². The number of carbonyl (C=O) groups is 2. The minimum atomic E-state index is -1.04. The normalized spacial score (nSPS) is 17.9. The Morgan fingerprint density at radius 1 is 1.09 bits per heavy atom. The first-order valence-corrected chi connectivity index (χ1v) is 10.2. The highest BCUT2D eigenvalue weighted by Crippen LogP contribution is 2.44. The van der Waals surface area contributed by atoms with Crippen molar-refractivity contribution in [3.8, 4) is 0 Å². The molecular formula is C22H13N3O6S. The molecule has 0 bridgehead atoms. The van der Waals surface area contributed by atoms with E-state index in [-0.39, 0.29) is 27.7 Å². The summed E-state index contributed by atoms with van der Waals surface area (Å²) in [7, 11) is 0. The largest absolute Gasteiger partial charge is 0.507 e. The van der Waals surface area contributed by atoms with Crippen LogP contribution in [0.5, 0.6) is 0 Å². The van der Waals surface area contributed by atoms with Crippen molar-refractivity contribution in [2.24, 2.45) is 0 Å². The number of thiazole rings is 1. The second kappa shape index (κ2) is 7.43. The first-order valence-electron chi connectivity index (χ1n) is 9.40. The van der Waals surface area contributed by atoms with Gasteiger partial charge in [-0.05, 0) is 36.4 Å². The van der Waals surface area contributed by atoms with Crippen molar-refractivity contribution in [2.75, 3.05) is 4.90 Å². The molecule has 4 aromatic rings. The number of nitro groups is 1. The van der Waals surface area contributed by atoms with E-state index in [1.165, 1.54) is 46.8 Å². The number of aliphatic hydroxyl groups excluding tert-OH is 1. The number of aromatic nitrogens is 1. The van der Waals surface area contributed by atoms with Crippen LogP contribution >= 0.6 is 11.3 Å². The molecule has 9 nitrogen and oxygen atoms in total. The van der Waals surface area contributed by atoms with Crippen molar-refractivity contribution in [1.82, 2.24) is 4.98 Å². The maximum Gasteiger partial charge on any atom is 0.302 e. The molecule has 158 valence electrons. The van der Waals surface area contributed by atoms with Crippen LogP contribution < -0.4 is 4.90 Å². The van der Waals surface area contributed by atoms with Gasteiger partial charge in [0.05, 0.1) is 27.0 Å². The predicted octanol–water partition coefficient (Wildman–Crippen LogP) is 4.42. The van der Waals surface area contributed by atoms with E-state index in [9.17, 15) is 24.8 Å². The minimum Gasteiger partial charge on any atom is -0.507 e. The van der Waals surface area contributed by atoms with Gasteiger partial charge in [0.25, 0.3) is 11.5 Å². The zero-order chi connectivity index (χ0) is 22.4. The smallest absolute Gasteiger partial charge is 0.302 e. The van der Waals surface area contributed by atoms with E-state index in [1.54, 1.807) is 18.2 Å². The lowest BCUT2D eigenvalue weighted by Gasteiger charge is -2.20. The Hall–Kier alpha value is -4.31. The maximum absolute atomic E-state index is 13.0. The highest BCUT2D eigenvalue weighted by molar-refractivity contribution is 7.22. The Kier molecular flexibility index (Phi) is 4.56. The van der Waals surface area contributed by atoms with Crippen LogP contribution in [0.2, 0.25) is 0 Å². The van der Waals surface area contributed by atoms with Crippen molar-refractivity contribution in [2.45, 2.75) is 6.04 Å². The number of aliphatic hydroxyl groups is 1. The molecule has 1 N–H and O–H groups in total. The highest BCUT2D eigenvalue weighted by atomic mass is 32.1. The summed E-state index contributed by atoms with van der Waals surface area (Å²) in [5, 5.41) is 22.2. The van der Waals surface area contributed by atoms with Crippen molar-refractivity contribution < 1.29 is 24.0 Å². The van der Waals surface area contributed by atoms with E-state index in [1.807, 2.05) is 18.2 Å². The first kappa shape index (κ1) is 19.6. The quantitative estimate of drug-likeness (QED) is 0.161. The SMILES string of the molecule is O=C1C(=O)N(c2nc3ccccc3s2)C(c2ccco2)/C1=C(\O)c1ccc([N+](=O)[O-])cc1. The lowest BCUT2D eigenvalue weighted by atomic mass is 9.99. The van der Waals surface area contributed by atoms with Crippen molar-refractivity contribution in [3.63, 3.8) is 0 Å². The fourth-order valence-corrected chi connectivity index (χ4v) is 4.60. The molecule has 1 saturated heterocycles. The average molecular weight is 447 g/mol. The number of nitro benzene ring substituents is 1. The first-order chi connectivity index (χ1) is 15.5. The number of fused-ring (bicyclic) bond motifs is 1. The van der Waals surface area contributed by atoms with Crippen LogP contribution in [-0.4, -0.2) is 26.7 Å². The molecule has 1 aliphatic rings. The van der Waals surface area contributed by atoms with Gasteiger partial charge in [0.15, 0.2) is 5.13 Å². The van der Waals surface area contributed by atoms with Gasteiger partial charge in [-0.3, -0.25) is 24.6 Å². The molecule has 1 unspecified atom stereocenters. The molecule has 1 aliphatic heterocycles. The second-order valence-electron chi connectivity index (χ2n) is 6.95. The van der Waals surface area contributed by atoms with Crippen molar-refractivity contribution in [1.29, 1.82) is 0 Å². The fourth-order valence-electron chi connectivity index (χ4n) is 3.61. The molecule has 2 aromatic carbocycles. The Morgan fingerprint density at radius 3 is 2.50 bits per heavy atom. The number of furan rings is 1. The third-order valence-corrected chi connectivity index (χ3v) is 6.13. The van der Waals surface area contributed by atoms with Gasteiger partial charge in [-0.2, -0.15) is 0 Å². The Labute approximate surface area is 184 Å². The molecule has 0 radical (unpaired) electrons. The number of amides is 1. The Bertz CT molecular complexity index is 1370. The number of nitrogens with zero attached hydrogens (tertiary/aromatic N) is 3. The Balaban J connectivity index is 1.68. The number of hydrogen-bond donors (Lipinski definition) is 1. The third-order valence-electron chi connectivity index (χ3n) is 5.10. The van der Waals surface area contributed by atoms with Crippen LogP contribution in [0.1, 0.15) is 17.4 Å². The predicted molar refractivity (Wildman–Crippen MR) is 116 cm³/mol. The van der Waals surface area contributed by atoms with Gasteiger partial charge in [-0.1, -0.05) is 23.5 Å². The van der Waals surface area contributed by atoms with Gasteiger partial charge in [-0.15, -0.1) is 0 Å². The van der Waals surface area contributed by atoms with Gasteiger partial charge < -0.3 is 9.52 Å². The van der Waals surface area contributed by atoms with Crippen LogP contribution in [0.25, 0.3) is 16.0 Å².